The van der Waals surface area contributed by atoms with Crippen LogP contribution in [0.2, 0.25) is 9.36 Å². The lowest BCUT2D eigenvalue weighted by molar-refractivity contribution is 0.200. The normalized spacial score (nSPS) is 12.8. The maximum atomic E-state index is 9.69. The van der Waals surface area contributed by atoms with E-state index in [1.807, 2.05) is 24.3 Å². The molecule has 2 rings (SSSR count). The second-order valence-corrected chi connectivity index (χ2v) is 5.66. The summed E-state index contributed by atoms with van der Waals surface area (Å²) in [5, 5.41) is 10.3. The van der Waals surface area contributed by atoms with Crippen molar-refractivity contribution in [2.45, 2.75) is 13.0 Å². The molecule has 84 valence electrons. The second kappa shape index (κ2) is 4.76. The molecule has 1 nitrogen and oxygen atoms in total. The Bertz CT molecular complexity index is 505. The van der Waals surface area contributed by atoms with Gasteiger partial charge in [-0.3, -0.25) is 0 Å². The molecule has 0 saturated carbocycles. The van der Waals surface area contributed by atoms with Crippen LogP contribution in [0.4, 0.5) is 0 Å². The zero-order valence-electron chi connectivity index (χ0n) is 8.58. The van der Waals surface area contributed by atoms with E-state index in [0.29, 0.717) is 5.02 Å². The summed E-state index contributed by atoms with van der Waals surface area (Å²) in [5.41, 5.74) is 1.81. The van der Waals surface area contributed by atoms with Crippen LogP contribution < -0.4 is 0 Å². The van der Waals surface area contributed by atoms with Gasteiger partial charge in [-0.15, -0.1) is 11.3 Å². The van der Waals surface area contributed by atoms with Crippen molar-refractivity contribution in [1.29, 1.82) is 0 Å². The van der Waals surface area contributed by atoms with Crippen LogP contribution in [0.3, 0.4) is 0 Å². The number of rotatable bonds is 2. The standard InChI is InChI=1S/C12H10Cl2OS/c1-7(15)9-3-2-8(13)6-10(9)11-4-5-12(14)16-11/h2-7,15H,1H3/t7-/m0/s1. The van der Waals surface area contributed by atoms with Gasteiger partial charge >= 0.3 is 0 Å². The fourth-order valence-corrected chi connectivity index (χ4v) is 2.82. The van der Waals surface area contributed by atoms with E-state index < -0.39 is 6.10 Å². The molecule has 2 aromatic rings. The number of aliphatic hydroxyl groups excluding tert-OH is 1. The lowest BCUT2D eigenvalue weighted by Gasteiger charge is -2.10. The molecule has 0 aliphatic heterocycles. The van der Waals surface area contributed by atoms with Gasteiger partial charge in [0.1, 0.15) is 0 Å². The van der Waals surface area contributed by atoms with Gasteiger partial charge in [0.25, 0.3) is 0 Å². The van der Waals surface area contributed by atoms with E-state index in [1.54, 1.807) is 13.0 Å². The first-order valence-corrected chi connectivity index (χ1v) is 6.38. The minimum Gasteiger partial charge on any atom is -0.389 e. The van der Waals surface area contributed by atoms with Crippen molar-refractivity contribution < 1.29 is 5.11 Å². The van der Waals surface area contributed by atoms with Crippen molar-refractivity contribution in [3.8, 4) is 10.4 Å². The van der Waals surface area contributed by atoms with E-state index in [-0.39, 0.29) is 0 Å². The lowest BCUT2D eigenvalue weighted by Crippen LogP contribution is -1.93. The highest BCUT2D eigenvalue weighted by Crippen LogP contribution is 2.36. The molecule has 1 N–H and O–H groups in total. The first kappa shape index (κ1) is 11.9. The van der Waals surface area contributed by atoms with E-state index in [9.17, 15) is 5.11 Å². The molecule has 16 heavy (non-hydrogen) atoms. The maximum absolute atomic E-state index is 9.69. The van der Waals surface area contributed by atoms with Crippen LogP contribution in [0.5, 0.6) is 0 Å². The number of benzene rings is 1. The first-order chi connectivity index (χ1) is 7.58. The van der Waals surface area contributed by atoms with Gasteiger partial charge in [0.05, 0.1) is 10.4 Å². The molecule has 0 radical (unpaired) electrons. The topological polar surface area (TPSA) is 20.2 Å². The molecular weight excluding hydrogens is 263 g/mol. The highest BCUT2D eigenvalue weighted by atomic mass is 35.5. The Balaban J connectivity index is 2.57. The molecule has 0 bridgehead atoms. The van der Waals surface area contributed by atoms with Crippen molar-refractivity contribution in [2.24, 2.45) is 0 Å². The molecule has 1 aromatic heterocycles. The predicted molar refractivity (Wildman–Crippen MR) is 70.4 cm³/mol. The summed E-state index contributed by atoms with van der Waals surface area (Å²) in [6.07, 6.45) is -0.520. The minimum atomic E-state index is -0.520. The van der Waals surface area contributed by atoms with Crippen molar-refractivity contribution in [3.05, 3.63) is 45.3 Å². The van der Waals surface area contributed by atoms with Crippen LogP contribution >= 0.6 is 34.5 Å². The third kappa shape index (κ3) is 2.41. The van der Waals surface area contributed by atoms with E-state index in [2.05, 4.69) is 0 Å². The van der Waals surface area contributed by atoms with Crippen molar-refractivity contribution in [3.63, 3.8) is 0 Å². The molecule has 0 fully saturated rings. The van der Waals surface area contributed by atoms with Crippen LogP contribution in [0.25, 0.3) is 10.4 Å². The summed E-state index contributed by atoms with van der Waals surface area (Å²) in [6.45, 7) is 1.74. The number of thiophene rings is 1. The third-order valence-electron chi connectivity index (χ3n) is 2.30. The van der Waals surface area contributed by atoms with E-state index in [0.717, 1.165) is 20.3 Å². The summed E-state index contributed by atoms with van der Waals surface area (Å²) < 4.78 is 0.728. The monoisotopic (exact) mass is 272 g/mol. The van der Waals surface area contributed by atoms with Gasteiger partial charge in [0.15, 0.2) is 0 Å². The first-order valence-electron chi connectivity index (χ1n) is 4.81. The Morgan fingerprint density at radius 1 is 1.19 bits per heavy atom. The quantitative estimate of drug-likeness (QED) is 0.835. The Morgan fingerprint density at radius 3 is 2.50 bits per heavy atom. The molecule has 0 aliphatic rings. The van der Waals surface area contributed by atoms with Gasteiger partial charge < -0.3 is 5.11 Å². The average Bonchev–Trinajstić information content (AvgIpc) is 2.64. The lowest BCUT2D eigenvalue weighted by atomic mass is 10.0. The van der Waals surface area contributed by atoms with E-state index >= 15 is 0 Å². The molecule has 1 atom stereocenters. The fraction of sp³-hybridized carbons (Fsp3) is 0.167. The summed E-state index contributed by atoms with van der Waals surface area (Å²) >= 11 is 13.4. The smallest absolute Gasteiger partial charge is 0.0934 e. The maximum Gasteiger partial charge on any atom is 0.0934 e. The summed E-state index contributed by atoms with van der Waals surface area (Å²) in [5.74, 6) is 0. The number of aliphatic hydroxyl groups is 1. The molecule has 1 aromatic carbocycles. The second-order valence-electron chi connectivity index (χ2n) is 3.51. The third-order valence-corrected chi connectivity index (χ3v) is 3.80. The van der Waals surface area contributed by atoms with Gasteiger partial charge in [-0.25, -0.2) is 0 Å². The van der Waals surface area contributed by atoms with Gasteiger partial charge in [-0.05, 0) is 42.3 Å². The highest BCUT2D eigenvalue weighted by molar-refractivity contribution is 7.19. The van der Waals surface area contributed by atoms with E-state index in [1.165, 1.54) is 11.3 Å². The van der Waals surface area contributed by atoms with Gasteiger partial charge in [0.2, 0.25) is 0 Å². The number of hydrogen-bond acceptors (Lipinski definition) is 2. The van der Waals surface area contributed by atoms with Crippen LogP contribution in [0, 0.1) is 0 Å². The molecule has 0 unspecified atom stereocenters. The zero-order chi connectivity index (χ0) is 11.7. The molecule has 0 amide bonds. The highest BCUT2D eigenvalue weighted by Gasteiger charge is 2.11. The molecule has 0 aliphatic carbocycles. The van der Waals surface area contributed by atoms with Crippen molar-refractivity contribution in [2.75, 3.05) is 0 Å². The Morgan fingerprint density at radius 2 is 1.94 bits per heavy atom. The number of hydrogen-bond donors (Lipinski definition) is 1. The molecular formula is C12H10Cl2OS. The Labute approximate surface area is 108 Å². The van der Waals surface area contributed by atoms with Gasteiger partial charge in [-0.1, -0.05) is 29.3 Å². The SMILES string of the molecule is C[C@H](O)c1ccc(Cl)cc1-c1ccc(Cl)s1. The Hall–Kier alpha value is -0.540. The zero-order valence-corrected chi connectivity index (χ0v) is 10.9. The molecule has 0 spiro atoms. The average molecular weight is 273 g/mol. The van der Waals surface area contributed by atoms with Gasteiger partial charge in [-0.2, -0.15) is 0 Å². The van der Waals surface area contributed by atoms with Crippen LogP contribution in [0.15, 0.2) is 30.3 Å². The summed E-state index contributed by atoms with van der Waals surface area (Å²) in [7, 11) is 0. The van der Waals surface area contributed by atoms with Crippen molar-refractivity contribution >= 4 is 34.5 Å². The Kier molecular flexibility index (Phi) is 3.55. The summed E-state index contributed by atoms with van der Waals surface area (Å²) in [6, 6.07) is 9.25. The predicted octanol–water partition coefficient (Wildman–Crippen LogP) is 4.78. The van der Waals surface area contributed by atoms with E-state index in [4.69, 9.17) is 23.2 Å². The fourth-order valence-electron chi connectivity index (χ4n) is 1.57. The minimum absolute atomic E-state index is 0.520. The molecule has 0 saturated heterocycles. The molecule has 4 heteroatoms. The molecule has 1 heterocycles. The van der Waals surface area contributed by atoms with Crippen molar-refractivity contribution in [1.82, 2.24) is 0 Å². The summed E-state index contributed by atoms with van der Waals surface area (Å²) in [4.78, 5) is 1.02. The number of halogens is 2. The van der Waals surface area contributed by atoms with Crippen LogP contribution in [-0.4, -0.2) is 5.11 Å². The van der Waals surface area contributed by atoms with Crippen LogP contribution in [0.1, 0.15) is 18.6 Å². The van der Waals surface area contributed by atoms with Gasteiger partial charge in [0, 0.05) is 9.90 Å². The largest absolute Gasteiger partial charge is 0.389 e. The van der Waals surface area contributed by atoms with Crippen LogP contribution in [-0.2, 0) is 0 Å².